The van der Waals surface area contributed by atoms with Gasteiger partial charge in [-0.15, -0.1) is 0 Å². The molecule has 0 spiro atoms. The van der Waals surface area contributed by atoms with Gasteiger partial charge in [0.1, 0.15) is 12.7 Å². The SMILES string of the molecule is CC(=O)O[C@@H]1CC[C@H]2[C@@H](CC[C@@H]3[C@@H]2CC[C@]2(C)[C@@H](C(=O)CO)CC[C@@H]32)C1. The van der Waals surface area contributed by atoms with Crippen molar-refractivity contribution in [3.63, 3.8) is 0 Å². The first kappa shape index (κ1) is 18.5. The van der Waals surface area contributed by atoms with E-state index in [9.17, 15) is 14.7 Å². The zero-order chi connectivity index (χ0) is 18.5. The van der Waals surface area contributed by atoms with Gasteiger partial charge in [-0.3, -0.25) is 9.59 Å². The summed E-state index contributed by atoms with van der Waals surface area (Å²) in [5, 5.41) is 9.39. The zero-order valence-corrected chi connectivity index (χ0v) is 16.3. The number of Topliss-reactive ketones (excluding diaryl/α,β-unsaturated/α-hetero) is 1. The van der Waals surface area contributed by atoms with Gasteiger partial charge in [-0.1, -0.05) is 6.92 Å². The molecule has 146 valence electrons. The Morgan fingerprint density at radius 2 is 1.77 bits per heavy atom. The van der Waals surface area contributed by atoms with Crippen molar-refractivity contribution in [3.05, 3.63) is 0 Å². The molecule has 4 rings (SSSR count). The maximum absolute atomic E-state index is 12.3. The number of ketones is 1. The van der Waals surface area contributed by atoms with E-state index in [0.717, 1.165) is 49.4 Å². The number of hydrogen-bond acceptors (Lipinski definition) is 4. The normalized spacial score (nSPS) is 47.4. The highest BCUT2D eigenvalue weighted by Gasteiger charge is 2.58. The maximum atomic E-state index is 12.3. The molecule has 0 aromatic carbocycles. The van der Waals surface area contributed by atoms with Crippen molar-refractivity contribution < 1.29 is 19.4 Å². The summed E-state index contributed by atoms with van der Waals surface area (Å²) in [6, 6.07) is 0. The molecule has 0 aromatic rings. The number of fused-ring (bicyclic) bond motifs is 5. The lowest BCUT2D eigenvalue weighted by atomic mass is 9.49. The molecule has 0 heterocycles. The minimum atomic E-state index is -0.288. The fraction of sp³-hybridized carbons (Fsp3) is 0.909. The van der Waals surface area contributed by atoms with E-state index in [-0.39, 0.29) is 35.8 Å². The van der Waals surface area contributed by atoms with Crippen LogP contribution in [0.4, 0.5) is 0 Å². The highest BCUT2D eigenvalue weighted by Crippen LogP contribution is 2.64. The Morgan fingerprint density at radius 3 is 2.50 bits per heavy atom. The molecule has 0 amide bonds. The van der Waals surface area contributed by atoms with Gasteiger partial charge in [0.05, 0.1) is 0 Å². The third-order valence-corrected chi connectivity index (χ3v) is 8.78. The number of aliphatic hydroxyl groups is 1. The van der Waals surface area contributed by atoms with E-state index in [1.807, 2.05) is 0 Å². The Balaban J connectivity index is 1.47. The molecule has 4 fully saturated rings. The number of aliphatic hydroxyl groups excluding tert-OH is 1. The fourth-order valence-corrected chi connectivity index (χ4v) is 7.79. The van der Waals surface area contributed by atoms with Crippen LogP contribution in [0.3, 0.4) is 0 Å². The van der Waals surface area contributed by atoms with Gasteiger partial charge in [0.15, 0.2) is 5.78 Å². The van der Waals surface area contributed by atoms with E-state index in [1.165, 1.54) is 39.0 Å². The van der Waals surface area contributed by atoms with Gasteiger partial charge in [-0.2, -0.15) is 0 Å². The highest BCUT2D eigenvalue weighted by atomic mass is 16.5. The third-order valence-electron chi connectivity index (χ3n) is 8.78. The minimum Gasteiger partial charge on any atom is -0.463 e. The van der Waals surface area contributed by atoms with Crippen molar-refractivity contribution in [2.75, 3.05) is 6.61 Å². The van der Waals surface area contributed by atoms with E-state index in [0.29, 0.717) is 5.92 Å². The molecule has 4 aliphatic rings. The lowest BCUT2D eigenvalue weighted by Crippen LogP contribution is -2.50. The van der Waals surface area contributed by atoms with Crippen molar-refractivity contribution in [3.8, 4) is 0 Å². The Kier molecular flexibility index (Phi) is 4.92. The van der Waals surface area contributed by atoms with Gasteiger partial charge in [-0.25, -0.2) is 0 Å². The topological polar surface area (TPSA) is 63.6 Å². The van der Waals surface area contributed by atoms with Crippen molar-refractivity contribution >= 4 is 11.8 Å². The number of ether oxygens (including phenoxy) is 1. The van der Waals surface area contributed by atoms with Crippen LogP contribution in [0.5, 0.6) is 0 Å². The number of carbonyl (C=O) groups is 2. The maximum Gasteiger partial charge on any atom is 0.302 e. The summed E-state index contributed by atoms with van der Waals surface area (Å²) in [4.78, 5) is 23.6. The van der Waals surface area contributed by atoms with Gasteiger partial charge in [-0.05, 0) is 92.8 Å². The molecule has 26 heavy (non-hydrogen) atoms. The first-order chi connectivity index (χ1) is 12.4. The Hall–Kier alpha value is -0.900. The van der Waals surface area contributed by atoms with Gasteiger partial charge in [0.25, 0.3) is 0 Å². The van der Waals surface area contributed by atoms with Crippen molar-refractivity contribution in [1.82, 2.24) is 0 Å². The standard InChI is InChI=1S/C22H34O4/c1-13(24)26-15-4-6-16-14(11-15)3-5-18-17(16)9-10-22(2)19(18)7-8-20(22)21(25)12-23/h14-20,23H,3-12H2,1-2H3/t14-,15+,16-,17+,18+,19-,20+,22-/m0/s1. The van der Waals surface area contributed by atoms with Gasteiger partial charge < -0.3 is 9.84 Å². The van der Waals surface area contributed by atoms with E-state index in [2.05, 4.69) is 6.92 Å². The van der Waals surface area contributed by atoms with Crippen LogP contribution in [0.1, 0.15) is 71.6 Å². The van der Waals surface area contributed by atoms with E-state index in [4.69, 9.17) is 4.74 Å². The molecule has 4 aliphatic carbocycles. The van der Waals surface area contributed by atoms with Crippen LogP contribution >= 0.6 is 0 Å². The predicted octanol–water partition coefficient (Wildman–Crippen LogP) is 3.75. The summed E-state index contributed by atoms with van der Waals surface area (Å²) in [6.07, 6.45) is 10.5. The van der Waals surface area contributed by atoms with E-state index < -0.39 is 0 Å². The average Bonchev–Trinajstić information content (AvgIpc) is 2.97. The molecular formula is C22H34O4. The molecular weight excluding hydrogens is 328 g/mol. The highest BCUT2D eigenvalue weighted by molar-refractivity contribution is 5.83. The second-order valence-electron chi connectivity index (χ2n) is 9.78. The number of esters is 1. The Morgan fingerprint density at radius 1 is 1.00 bits per heavy atom. The largest absolute Gasteiger partial charge is 0.463 e. The minimum absolute atomic E-state index is 0.0732. The second kappa shape index (κ2) is 6.92. The summed E-state index contributed by atoms with van der Waals surface area (Å²) < 4.78 is 5.51. The van der Waals surface area contributed by atoms with Crippen LogP contribution in [-0.4, -0.2) is 29.6 Å². The smallest absolute Gasteiger partial charge is 0.302 e. The Bertz CT molecular complexity index is 572. The van der Waals surface area contributed by atoms with Crippen LogP contribution in [0, 0.1) is 40.9 Å². The van der Waals surface area contributed by atoms with Gasteiger partial charge in [0, 0.05) is 12.8 Å². The Labute approximate surface area is 157 Å². The van der Waals surface area contributed by atoms with Crippen molar-refractivity contribution in [2.24, 2.45) is 40.9 Å². The molecule has 8 atom stereocenters. The van der Waals surface area contributed by atoms with Crippen LogP contribution < -0.4 is 0 Å². The van der Waals surface area contributed by atoms with Crippen LogP contribution in [-0.2, 0) is 14.3 Å². The number of rotatable bonds is 3. The van der Waals surface area contributed by atoms with Gasteiger partial charge >= 0.3 is 5.97 Å². The molecule has 0 aromatic heterocycles. The molecule has 4 nitrogen and oxygen atoms in total. The molecule has 0 aliphatic heterocycles. The lowest BCUT2D eigenvalue weighted by Gasteiger charge is -2.56. The molecule has 0 bridgehead atoms. The molecule has 0 radical (unpaired) electrons. The number of hydrogen-bond donors (Lipinski definition) is 1. The van der Waals surface area contributed by atoms with Crippen LogP contribution in [0.25, 0.3) is 0 Å². The summed E-state index contributed by atoms with van der Waals surface area (Å²) >= 11 is 0. The van der Waals surface area contributed by atoms with Crippen LogP contribution in [0.2, 0.25) is 0 Å². The first-order valence-corrected chi connectivity index (χ1v) is 10.7. The van der Waals surface area contributed by atoms with Crippen molar-refractivity contribution in [2.45, 2.75) is 77.7 Å². The van der Waals surface area contributed by atoms with E-state index in [1.54, 1.807) is 0 Å². The zero-order valence-electron chi connectivity index (χ0n) is 16.3. The molecule has 4 heteroatoms. The molecule has 4 saturated carbocycles. The lowest BCUT2D eigenvalue weighted by molar-refractivity contribution is -0.152. The predicted molar refractivity (Wildman–Crippen MR) is 98.2 cm³/mol. The number of carbonyl (C=O) groups excluding carboxylic acids is 2. The monoisotopic (exact) mass is 362 g/mol. The summed E-state index contributed by atoms with van der Waals surface area (Å²) in [5.74, 6) is 3.74. The van der Waals surface area contributed by atoms with E-state index >= 15 is 0 Å². The summed E-state index contributed by atoms with van der Waals surface area (Å²) in [5.41, 5.74) is 0.114. The molecule has 0 saturated heterocycles. The van der Waals surface area contributed by atoms with Gasteiger partial charge in [0.2, 0.25) is 0 Å². The summed E-state index contributed by atoms with van der Waals surface area (Å²) in [7, 11) is 0. The third kappa shape index (κ3) is 2.93. The van der Waals surface area contributed by atoms with Crippen LogP contribution in [0.15, 0.2) is 0 Å². The molecule has 0 unspecified atom stereocenters. The fourth-order valence-electron chi connectivity index (χ4n) is 7.79. The quantitative estimate of drug-likeness (QED) is 0.777. The molecule has 1 N–H and O–H groups in total. The summed E-state index contributed by atoms with van der Waals surface area (Å²) in [6.45, 7) is 3.57. The average molecular weight is 363 g/mol. The first-order valence-electron chi connectivity index (χ1n) is 10.7. The second-order valence-corrected chi connectivity index (χ2v) is 9.78. The van der Waals surface area contributed by atoms with Crippen molar-refractivity contribution in [1.29, 1.82) is 0 Å².